The van der Waals surface area contributed by atoms with E-state index in [1.54, 1.807) is 7.11 Å². The molecule has 1 heterocycles. The van der Waals surface area contributed by atoms with E-state index in [4.69, 9.17) is 16.3 Å². The van der Waals surface area contributed by atoms with Crippen molar-refractivity contribution in [3.8, 4) is 0 Å². The number of nitrogens with one attached hydrogen (secondary N) is 1. The van der Waals surface area contributed by atoms with E-state index >= 15 is 0 Å². The molecule has 1 N–H and O–H groups in total. The molecule has 0 saturated heterocycles. The summed E-state index contributed by atoms with van der Waals surface area (Å²) in [6.45, 7) is 1.79. The van der Waals surface area contributed by atoms with Gasteiger partial charge in [0, 0.05) is 30.3 Å². The number of hydrogen-bond acceptors (Lipinski definition) is 2. The van der Waals surface area contributed by atoms with Gasteiger partial charge >= 0.3 is 0 Å². The van der Waals surface area contributed by atoms with Crippen LogP contribution in [0, 0.1) is 5.92 Å². The first-order chi connectivity index (χ1) is 6.79. The van der Waals surface area contributed by atoms with E-state index in [2.05, 4.69) is 11.4 Å². The molecule has 2 rings (SSSR count). The minimum absolute atomic E-state index is 0.577. The van der Waals surface area contributed by atoms with Crippen molar-refractivity contribution in [3.05, 3.63) is 28.8 Å². The van der Waals surface area contributed by atoms with E-state index in [0.717, 1.165) is 24.6 Å². The fourth-order valence-electron chi connectivity index (χ4n) is 1.88. The van der Waals surface area contributed by atoms with Crippen molar-refractivity contribution in [2.24, 2.45) is 5.92 Å². The summed E-state index contributed by atoms with van der Waals surface area (Å²) in [5.41, 5.74) is 2.51. The molecule has 0 radical (unpaired) electrons. The molecule has 1 aromatic rings. The summed E-state index contributed by atoms with van der Waals surface area (Å²) >= 11 is 5.91. The van der Waals surface area contributed by atoms with Gasteiger partial charge in [-0.1, -0.05) is 17.7 Å². The lowest BCUT2D eigenvalue weighted by atomic mass is 9.95. The molecule has 1 aliphatic heterocycles. The summed E-state index contributed by atoms with van der Waals surface area (Å²) in [6, 6.07) is 6.02. The first-order valence-electron chi connectivity index (χ1n) is 4.81. The molecule has 0 saturated carbocycles. The van der Waals surface area contributed by atoms with Crippen LogP contribution in [0.4, 0.5) is 5.69 Å². The van der Waals surface area contributed by atoms with Crippen molar-refractivity contribution < 1.29 is 4.74 Å². The third-order valence-corrected chi connectivity index (χ3v) is 2.80. The summed E-state index contributed by atoms with van der Waals surface area (Å²) in [5.74, 6) is 0.577. The number of methoxy groups -OCH3 is 1. The summed E-state index contributed by atoms with van der Waals surface area (Å²) in [6.07, 6.45) is 1.08. The Labute approximate surface area is 89.2 Å². The summed E-state index contributed by atoms with van der Waals surface area (Å²) in [5, 5.41) is 4.17. The smallest absolute Gasteiger partial charge is 0.0510 e. The van der Waals surface area contributed by atoms with Gasteiger partial charge in [-0.3, -0.25) is 0 Å². The standard InChI is InChI=1S/C11H14ClNO/c1-14-7-8-4-9-2-3-10(12)5-11(9)13-6-8/h2-3,5,8,13H,4,6-7H2,1H3. The molecule has 0 bridgehead atoms. The number of anilines is 1. The average molecular weight is 212 g/mol. The number of rotatable bonds is 2. The molecular formula is C11H14ClNO. The van der Waals surface area contributed by atoms with Gasteiger partial charge in [0.15, 0.2) is 0 Å². The Morgan fingerprint density at radius 1 is 1.57 bits per heavy atom. The molecule has 0 aliphatic carbocycles. The van der Waals surface area contributed by atoms with Crippen LogP contribution in [0.2, 0.25) is 5.02 Å². The third-order valence-electron chi connectivity index (χ3n) is 2.56. The van der Waals surface area contributed by atoms with Crippen molar-refractivity contribution in [3.63, 3.8) is 0 Å². The van der Waals surface area contributed by atoms with Crippen LogP contribution in [-0.2, 0) is 11.2 Å². The summed E-state index contributed by atoms with van der Waals surface area (Å²) < 4.78 is 5.15. The van der Waals surface area contributed by atoms with Gasteiger partial charge in [0.25, 0.3) is 0 Å². The van der Waals surface area contributed by atoms with Crippen molar-refractivity contribution >= 4 is 17.3 Å². The van der Waals surface area contributed by atoms with Gasteiger partial charge in [-0.15, -0.1) is 0 Å². The van der Waals surface area contributed by atoms with Crippen molar-refractivity contribution in [1.29, 1.82) is 0 Å². The highest BCUT2D eigenvalue weighted by Gasteiger charge is 2.17. The zero-order valence-electron chi connectivity index (χ0n) is 8.22. The van der Waals surface area contributed by atoms with Crippen molar-refractivity contribution in [2.75, 3.05) is 25.6 Å². The lowest BCUT2D eigenvalue weighted by Gasteiger charge is -2.25. The molecule has 14 heavy (non-hydrogen) atoms. The first kappa shape index (κ1) is 9.81. The van der Waals surface area contributed by atoms with Gasteiger partial charge < -0.3 is 10.1 Å². The number of halogens is 1. The van der Waals surface area contributed by atoms with E-state index in [1.165, 1.54) is 11.3 Å². The Morgan fingerprint density at radius 3 is 3.21 bits per heavy atom. The highest BCUT2D eigenvalue weighted by Crippen LogP contribution is 2.27. The highest BCUT2D eigenvalue weighted by molar-refractivity contribution is 6.30. The van der Waals surface area contributed by atoms with Gasteiger partial charge in [0.2, 0.25) is 0 Å². The maximum absolute atomic E-state index is 5.91. The highest BCUT2D eigenvalue weighted by atomic mass is 35.5. The second-order valence-electron chi connectivity index (χ2n) is 3.71. The van der Waals surface area contributed by atoms with Gasteiger partial charge in [-0.2, -0.15) is 0 Å². The van der Waals surface area contributed by atoms with E-state index in [1.807, 2.05) is 12.1 Å². The molecule has 0 fully saturated rings. The molecule has 1 aromatic carbocycles. The molecule has 1 atom stereocenters. The van der Waals surface area contributed by atoms with E-state index in [-0.39, 0.29) is 0 Å². The zero-order valence-corrected chi connectivity index (χ0v) is 8.97. The molecule has 3 heteroatoms. The van der Waals surface area contributed by atoms with Crippen LogP contribution in [0.15, 0.2) is 18.2 Å². The van der Waals surface area contributed by atoms with E-state index < -0.39 is 0 Å². The summed E-state index contributed by atoms with van der Waals surface area (Å²) in [7, 11) is 1.75. The third kappa shape index (κ3) is 2.02. The topological polar surface area (TPSA) is 21.3 Å². The van der Waals surface area contributed by atoms with Crippen LogP contribution in [-0.4, -0.2) is 20.3 Å². The number of benzene rings is 1. The Morgan fingerprint density at radius 2 is 2.43 bits per heavy atom. The van der Waals surface area contributed by atoms with Crippen LogP contribution in [0.25, 0.3) is 0 Å². The monoisotopic (exact) mass is 211 g/mol. The normalized spacial score (nSPS) is 20.0. The lowest BCUT2D eigenvalue weighted by Crippen LogP contribution is -2.26. The zero-order chi connectivity index (χ0) is 9.97. The van der Waals surface area contributed by atoms with Gasteiger partial charge in [-0.05, 0) is 24.1 Å². The van der Waals surface area contributed by atoms with Crippen LogP contribution in [0.5, 0.6) is 0 Å². The Bertz CT molecular complexity index is 327. The number of ether oxygens (including phenoxy) is 1. The molecule has 0 spiro atoms. The molecular weight excluding hydrogens is 198 g/mol. The summed E-state index contributed by atoms with van der Waals surface area (Å²) in [4.78, 5) is 0. The van der Waals surface area contributed by atoms with Gasteiger partial charge in [0.05, 0.1) is 6.61 Å². The van der Waals surface area contributed by atoms with Crippen LogP contribution >= 0.6 is 11.6 Å². The fourth-order valence-corrected chi connectivity index (χ4v) is 2.05. The van der Waals surface area contributed by atoms with Crippen molar-refractivity contribution in [1.82, 2.24) is 0 Å². The largest absolute Gasteiger partial charge is 0.384 e. The maximum atomic E-state index is 5.91. The average Bonchev–Trinajstić information content (AvgIpc) is 2.19. The quantitative estimate of drug-likeness (QED) is 0.812. The Balaban J connectivity index is 2.15. The minimum Gasteiger partial charge on any atom is -0.384 e. The van der Waals surface area contributed by atoms with E-state index in [9.17, 15) is 0 Å². The first-order valence-corrected chi connectivity index (χ1v) is 5.18. The van der Waals surface area contributed by atoms with Crippen LogP contribution in [0.1, 0.15) is 5.56 Å². The van der Waals surface area contributed by atoms with Gasteiger partial charge in [-0.25, -0.2) is 0 Å². The number of fused-ring (bicyclic) bond motifs is 1. The fraction of sp³-hybridized carbons (Fsp3) is 0.455. The predicted molar refractivity (Wildman–Crippen MR) is 59.0 cm³/mol. The number of hydrogen-bond donors (Lipinski definition) is 1. The minimum atomic E-state index is 0.577. The second-order valence-corrected chi connectivity index (χ2v) is 4.14. The van der Waals surface area contributed by atoms with Gasteiger partial charge in [0.1, 0.15) is 0 Å². The molecule has 1 aliphatic rings. The Hall–Kier alpha value is -0.730. The maximum Gasteiger partial charge on any atom is 0.0510 e. The Kier molecular flexibility index (Phi) is 2.94. The molecule has 2 nitrogen and oxygen atoms in total. The SMILES string of the molecule is COCC1CNc2cc(Cl)ccc2C1. The van der Waals surface area contributed by atoms with Crippen molar-refractivity contribution in [2.45, 2.75) is 6.42 Å². The lowest BCUT2D eigenvalue weighted by molar-refractivity contribution is 0.156. The second kappa shape index (κ2) is 4.20. The predicted octanol–water partition coefficient (Wildman–Crippen LogP) is 2.57. The van der Waals surface area contributed by atoms with E-state index in [0.29, 0.717) is 5.92 Å². The molecule has 0 aromatic heterocycles. The molecule has 76 valence electrons. The van der Waals surface area contributed by atoms with Crippen LogP contribution in [0.3, 0.4) is 0 Å². The molecule has 1 unspecified atom stereocenters. The van der Waals surface area contributed by atoms with Crippen LogP contribution < -0.4 is 5.32 Å². The molecule has 0 amide bonds.